The largest absolute Gasteiger partial charge is 0.355 e. The van der Waals surface area contributed by atoms with E-state index in [-0.39, 0.29) is 23.6 Å². The summed E-state index contributed by atoms with van der Waals surface area (Å²) in [5.74, 6) is -0.333. The Bertz CT molecular complexity index is 579. The van der Waals surface area contributed by atoms with Gasteiger partial charge in [0.2, 0.25) is 5.91 Å². The minimum absolute atomic E-state index is 0.0422. The molecule has 2 aromatic rings. The zero-order valence-corrected chi connectivity index (χ0v) is 10.3. The number of nitrogens with one attached hydrogen (secondary N) is 1. The lowest BCUT2D eigenvalue weighted by molar-refractivity contribution is -0.120. The Kier molecular flexibility index (Phi) is 3.03. The van der Waals surface area contributed by atoms with Gasteiger partial charge in [-0.2, -0.15) is 0 Å². The Labute approximate surface area is 111 Å². The van der Waals surface area contributed by atoms with Gasteiger partial charge in [-0.3, -0.25) is 4.79 Å². The van der Waals surface area contributed by atoms with Gasteiger partial charge < -0.3 is 5.32 Å². The molecule has 0 aliphatic carbocycles. The van der Waals surface area contributed by atoms with Crippen LogP contribution in [0.15, 0.2) is 54.6 Å². The molecule has 1 aliphatic heterocycles. The van der Waals surface area contributed by atoms with Gasteiger partial charge in [-0.15, -0.1) is 0 Å². The maximum Gasteiger partial charge on any atom is 0.228 e. The molecule has 1 amide bonds. The predicted octanol–water partition coefficient (Wildman–Crippen LogP) is 2.82. The van der Waals surface area contributed by atoms with Crippen LogP contribution in [0.2, 0.25) is 0 Å². The molecule has 0 saturated carbocycles. The first-order valence-electron chi connectivity index (χ1n) is 6.34. The van der Waals surface area contributed by atoms with E-state index in [0.29, 0.717) is 6.54 Å². The molecule has 2 nitrogen and oxygen atoms in total. The van der Waals surface area contributed by atoms with Crippen molar-refractivity contribution < 1.29 is 9.18 Å². The molecule has 0 unspecified atom stereocenters. The number of amides is 1. The maximum absolute atomic E-state index is 13.0. The highest BCUT2D eigenvalue weighted by Crippen LogP contribution is 2.36. The second kappa shape index (κ2) is 4.84. The molecule has 1 fully saturated rings. The second-order valence-corrected chi connectivity index (χ2v) is 4.79. The zero-order chi connectivity index (χ0) is 13.2. The van der Waals surface area contributed by atoms with Gasteiger partial charge in [-0.05, 0) is 23.3 Å². The van der Waals surface area contributed by atoms with Gasteiger partial charge in [0.15, 0.2) is 0 Å². The number of benzene rings is 2. The smallest absolute Gasteiger partial charge is 0.228 e. The van der Waals surface area contributed by atoms with Crippen molar-refractivity contribution in [2.75, 3.05) is 6.54 Å². The normalized spacial score (nSPS) is 22.3. The molecule has 1 heterocycles. The molecular formula is C16H14FNO. The molecule has 2 atom stereocenters. The molecule has 3 heteroatoms. The Balaban J connectivity index is 1.97. The highest BCUT2D eigenvalue weighted by Gasteiger charge is 2.36. The zero-order valence-electron chi connectivity index (χ0n) is 10.3. The highest BCUT2D eigenvalue weighted by atomic mass is 19.1. The van der Waals surface area contributed by atoms with Gasteiger partial charge in [-0.1, -0.05) is 42.5 Å². The van der Waals surface area contributed by atoms with Crippen molar-refractivity contribution in [1.82, 2.24) is 5.32 Å². The van der Waals surface area contributed by atoms with Crippen molar-refractivity contribution in [2.45, 2.75) is 11.8 Å². The van der Waals surface area contributed by atoms with Crippen LogP contribution in [0.3, 0.4) is 0 Å². The number of hydrogen-bond acceptors (Lipinski definition) is 1. The van der Waals surface area contributed by atoms with Gasteiger partial charge in [0.05, 0.1) is 5.92 Å². The quantitative estimate of drug-likeness (QED) is 0.878. The third-order valence-electron chi connectivity index (χ3n) is 3.64. The van der Waals surface area contributed by atoms with Crippen LogP contribution >= 0.6 is 0 Å². The number of carbonyl (C=O) groups is 1. The summed E-state index contributed by atoms with van der Waals surface area (Å²) in [4.78, 5) is 12.0. The standard InChI is InChI=1S/C16H14FNO/c17-13-8-6-11(7-9-13)14-10-18-16(19)15(14)12-4-2-1-3-5-12/h1-9,14-15H,10H2,(H,18,19)/t14-,15+/m0/s1. The third-order valence-corrected chi connectivity index (χ3v) is 3.64. The van der Waals surface area contributed by atoms with Crippen molar-refractivity contribution in [3.8, 4) is 0 Å². The van der Waals surface area contributed by atoms with Gasteiger partial charge in [0, 0.05) is 12.5 Å². The summed E-state index contributed by atoms with van der Waals surface area (Å²) >= 11 is 0. The Morgan fingerprint density at radius 2 is 1.63 bits per heavy atom. The molecule has 2 aromatic carbocycles. The lowest BCUT2D eigenvalue weighted by Crippen LogP contribution is -2.18. The van der Waals surface area contributed by atoms with Crippen LogP contribution in [0.5, 0.6) is 0 Å². The van der Waals surface area contributed by atoms with Crippen LogP contribution in [-0.2, 0) is 4.79 Å². The first kappa shape index (κ1) is 11.9. The minimum Gasteiger partial charge on any atom is -0.355 e. The highest BCUT2D eigenvalue weighted by molar-refractivity contribution is 5.87. The molecule has 0 radical (unpaired) electrons. The summed E-state index contributed by atoms with van der Waals surface area (Å²) in [6.07, 6.45) is 0. The van der Waals surface area contributed by atoms with Crippen molar-refractivity contribution in [3.05, 3.63) is 71.5 Å². The van der Waals surface area contributed by atoms with E-state index in [4.69, 9.17) is 0 Å². The fraction of sp³-hybridized carbons (Fsp3) is 0.188. The number of halogens is 1. The average Bonchev–Trinajstić information content (AvgIpc) is 2.82. The fourth-order valence-corrected chi connectivity index (χ4v) is 2.69. The van der Waals surface area contributed by atoms with Crippen molar-refractivity contribution in [1.29, 1.82) is 0 Å². The van der Waals surface area contributed by atoms with Crippen molar-refractivity contribution >= 4 is 5.91 Å². The van der Waals surface area contributed by atoms with E-state index in [0.717, 1.165) is 11.1 Å². The van der Waals surface area contributed by atoms with Crippen LogP contribution in [-0.4, -0.2) is 12.5 Å². The van der Waals surface area contributed by atoms with E-state index in [1.54, 1.807) is 12.1 Å². The van der Waals surface area contributed by atoms with E-state index in [1.165, 1.54) is 12.1 Å². The molecule has 1 N–H and O–H groups in total. The fourth-order valence-electron chi connectivity index (χ4n) is 2.69. The van der Waals surface area contributed by atoms with Crippen LogP contribution in [0.1, 0.15) is 23.0 Å². The van der Waals surface area contributed by atoms with Gasteiger partial charge in [0.1, 0.15) is 5.82 Å². The Morgan fingerprint density at radius 1 is 0.947 bits per heavy atom. The summed E-state index contributed by atoms with van der Waals surface area (Å²) in [6, 6.07) is 16.1. The molecule has 3 rings (SSSR count). The first-order chi connectivity index (χ1) is 9.25. The van der Waals surface area contributed by atoms with E-state index in [1.807, 2.05) is 30.3 Å². The predicted molar refractivity (Wildman–Crippen MR) is 71.3 cm³/mol. The third kappa shape index (κ3) is 2.24. The summed E-state index contributed by atoms with van der Waals surface area (Å²) in [6.45, 7) is 0.601. The minimum atomic E-state index is -0.253. The molecular weight excluding hydrogens is 241 g/mol. The van der Waals surface area contributed by atoms with E-state index < -0.39 is 0 Å². The van der Waals surface area contributed by atoms with Crippen LogP contribution in [0, 0.1) is 5.82 Å². The van der Waals surface area contributed by atoms with Gasteiger partial charge >= 0.3 is 0 Å². The van der Waals surface area contributed by atoms with E-state index in [9.17, 15) is 9.18 Å². The maximum atomic E-state index is 13.0. The summed E-state index contributed by atoms with van der Waals surface area (Å²) < 4.78 is 13.0. The van der Waals surface area contributed by atoms with Gasteiger partial charge in [0.25, 0.3) is 0 Å². The van der Waals surface area contributed by atoms with Crippen molar-refractivity contribution in [2.24, 2.45) is 0 Å². The number of hydrogen-bond donors (Lipinski definition) is 1. The first-order valence-corrected chi connectivity index (χ1v) is 6.34. The molecule has 1 saturated heterocycles. The molecule has 0 spiro atoms. The lowest BCUT2D eigenvalue weighted by atomic mass is 9.84. The van der Waals surface area contributed by atoms with Crippen LogP contribution in [0.25, 0.3) is 0 Å². The molecule has 0 bridgehead atoms. The molecule has 1 aliphatic rings. The summed E-state index contributed by atoms with van der Waals surface area (Å²) in [5.41, 5.74) is 2.00. The second-order valence-electron chi connectivity index (χ2n) is 4.79. The van der Waals surface area contributed by atoms with E-state index in [2.05, 4.69) is 5.32 Å². The van der Waals surface area contributed by atoms with Crippen molar-refractivity contribution in [3.63, 3.8) is 0 Å². The summed E-state index contributed by atoms with van der Waals surface area (Å²) in [5, 5.41) is 2.90. The summed E-state index contributed by atoms with van der Waals surface area (Å²) in [7, 11) is 0. The Hall–Kier alpha value is -2.16. The monoisotopic (exact) mass is 255 g/mol. The number of rotatable bonds is 2. The molecule has 96 valence electrons. The SMILES string of the molecule is O=C1NC[C@@H](c2ccc(F)cc2)[C@H]1c1ccccc1. The average molecular weight is 255 g/mol. The topological polar surface area (TPSA) is 29.1 Å². The molecule has 0 aromatic heterocycles. The van der Waals surface area contributed by atoms with E-state index >= 15 is 0 Å². The van der Waals surface area contributed by atoms with Crippen LogP contribution in [0.4, 0.5) is 4.39 Å². The van der Waals surface area contributed by atoms with Gasteiger partial charge in [-0.25, -0.2) is 4.39 Å². The van der Waals surface area contributed by atoms with Crippen LogP contribution < -0.4 is 5.32 Å². The number of carbonyl (C=O) groups excluding carboxylic acids is 1. The molecule has 19 heavy (non-hydrogen) atoms. The lowest BCUT2D eigenvalue weighted by Gasteiger charge is -2.17. The Morgan fingerprint density at radius 3 is 2.32 bits per heavy atom.